The summed E-state index contributed by atoms with van der Waals surface area (Å²) < 4.78 is 5.61. The standard InChI is InChI=1S/C22H17N3O2/c26-20(23-22-25-24-21(27-22)18-14-8-3-9-15-18)19(16-10-4-1-5-11-16)17-12-6-2-7-13-17/h1-15,19H,(H,23,25,26). The average molecular weight is 355 g/mol. The van der Waals surface area contributed by atoms with Crippen LogP contribution in [0.4, 0.5) is 6.01 Å². The molecule has 0 spiro atoms. The van der Waals surface area contributed by atoms with Crippen LogP contribution in [-0.2, 0) is 4.79 Å². The Kier molecular flexibility index (Phi) is 4.74. The molecule has 0 bridgehead atoms. The van der Waals surface area contributed by atoms with Gasteiger partial charge in [0.05, 0.1) is 5.92 Å². The summed E-state index contributed by atoms with van der Waals surface area (Å²) in [7, 11) is 0. The second kappa shape index (κ2) is 7.66. The predicted octanol–water partition coefficient (Wildman–Crippen LogP) is 4.51. The maximum Gasteiger partial charge on any atom is 0.322 e. The molecule has 0 saturated carbocycles. The maximum atomic E-state index is 13.0. The zero-order valence-electron chi connectivity index (χ0n) is 14.4. The largest absolute Gasteiger partial charge is 0.403 e. The Balaban J connectivity index is 1.61. The van der Waals surface area contributed by atoms with Gasteiger partial charge in [-0.25, -0.2) is 0 Å². The van der Waals surface area contributed by atoms with Crippen molar-refractivity contribution in [2.45, 2.75) is 5.92 Å². The molecular formula is C22H17N3O2. The molecule has 0 aliphatic heterocycles. The third-order valence-electron chi connectivity index (χ3n) is 4.20. The zero-order valence-corrected chi connectivity index (χ0v) is 14.4. The highest BCUT2D eigenvalue weighted by molar-refractivity contribution is 5.96. The molecule has 1 aromatic heterocycles. The number of carbonyl (C=O) groups is 1. The lowest BCUT2D eigenvalue weighted by atomic mass is 9.90. The summed E-state index contributed by atoms with van der Waals surface area (Å²) in [5, 5.41) is 10.7. The quantitative estimate of drug-likeness (QED) is 0.572. The first kappa shape index (κ1) is 16.7. The van der Waals surface area contributed by atoms with Gasteiger partial charge in [0.1, 0.15) is 0 Å². The van der Waals surface area contributed by atoms with Crippen LogP contribution in [0.25, 0.3) is 11.5 Å². The van der Waals surface area contributed by atoms with E-state index in [9.17, 15) is 4.79 Å². The zero-order chi connectivity index (χ0) is 18.5. The highest BCUT2D eigenvalue weighted by atomic mass is 16.4. The van der Waals surface area contributed by atoms with E-state index in [2.05, 4.69) is 15.5 Å². The highest BCUT2D eigenvalue weighted by Crippen LogP contribution is 2.27. The van der Waals surface area contributed by atoms with Crippen molar-refractivity contribution in [3.8, 4) is 11.5 Å². The molecule has 0 radical (unpaired) electrons. The number of carbonyl (C=O) groups excluding carboxylic acids is 1. The summed E-state index contributed by atoms with van der Waals surface area (Å²) in [6, 6.07) is 28.7. The molecule has 0 unspecified atom stereocenters. The molecule has 0 aliphatic rings. The summed E-state index contributed by atoms with van der Waals surface area (Å²) in [4.78, 5) is 13.0. The number of benzene rings is 3. The fourth-order valence-electron chi connectivity index (χ4n) is 2.93. The number of aromatic nitrogens is 2. The third-order valence-corrected chi connectivity index (χ3v) is 4.20. The van der Waals surface area contributed by atoms with Crippen molar-refractivity contribution in [1.82, 2.24) is 10.2 Å². The van der Waals surface area contributed by atoms with Crippen molar-refractivity contribution in [3.05, 3.63) is 102 Å². The van der Waals surface area contributed by atoms with Gasteiger partial charge in [0.15, 0.2) is 0 Å². The SMILES string of the molecule is O=C(Nc1nnc(-c2ccccc2)o1)C(c1ccccc1)c1ccccc1. The summed E-state index contributed by atoms with van der Waals surface area (Å²) in [5.41, 5.74) is 2.58. The van der Waals surface area contributed by atoms with E-state index < -0.39 is 5.92 Å². The molecule has 27 heavy (non-hydrogen) atoms. The van der Waals surface area contributed by atoms with Gasteiger partial charge in [-0.05, 0) is 23.3 Å². The lowest BCUT2D eigenvalue weighted by Gasteiger charge is -2.16. The first-order valence-corrected chi connectivity index (χ1v) is 8.61. The molecule has 5 nitrogen and oxygen atoms in total. The molecule has 4 aromatic rings. The Bertz CT molecular complexity index is 976. The fraction of sp³-hybridized carbons (Fsp3) is 0.0455. The molecule has 1 amide bonds. The lowest BCUT2D eigenvalue weighted by Crippen LogP contribution is -2.22. The van der Waals surface area contributed by atoms with E-state index in [0.29, 0.717) is 5.89 Å². The van der Waals surface area contributed by atoms with Gasteiger partial charge in [-0.2, -0.15) is 0 Å². The van der Waals surface area contributed by atoms with Crippen LogP contribution in [0.5, 0.6) is 0 Å². The molecule has 1 heterocycles. The van der Waals surface area contributed by atoms with Gasteiger partial charge in [0.25, 0.3) is 0 Å². The normalized spacial score (nSPS) is 10.7. The number of anilines is 1. The number of nitrogens with zero attached hydrogens (tertiary/aromatic N) is 2. The van der Waals surface area contributed by atoms with Crippen LogP contribution in [0, 0.1) is 0 Å². The molecular weight excluding hydrogens is 338 g/mol. The Morgan fingerprint density at radius 1 is 0.741 bits per heavy atom. The second-order valence-corrected chi connectivity index (χ2v) is 6.02. The first-order chi connectivity index (χ1) is 13.3. The number of rotatable bonds is 5. The summed E-state index contributed by atoms with van der Waals surface area (Å²) >= 11 is 0. The van der Waals surface area contributed by atoms with E-state index in [1.54, 1.807) is 0 Å². The summed E-state index contributed by atoms with van der Waals surface area (Å²) in [5.74, 6) is -0.336. The van der Waals surface area contributed by atoms with Gasteiger partial charge >= 0.3 is 6.01 Å². The molecule has 132 valence electrons. The minimum absolute atomic E-state index is 0.0794. The molecule has 0 saturated heterocycles. The van der Waals surface area contributed by atoms with Crippen LogP contribution in [0.1, 0.15) is 17.0 Å². The van der Waals surface area contributed by atoms with E-state index in [0.717, 1.165) is 16.7 Å². The smallest absolute Gasteiger partial charge is 0.322 e. The van der Waals surface area contributed by atoms with Crippen molar-refractivity contribution < 1.29 is 9.21 Å². The van der Waals surface area contributed by atoms with Crippen molar-refractivity contribution >= 4 is 11.9 Å². The summed E-state index contributed by atoms with van der Waals surface area (Å²) in [6.45, 7) is 0. The molecule has 1 N–H and O–H groups in total. The van der Waals surface area contributed by atoms with Crippen LogP contribution in [0.15, 0.2) is 95.4 Å². The van der Waals surface area contributed by atoms with Gasteiger partial charge in [-0.1, -0.05) is 84.0 Å². The van der Waals surface area contributed by atoms with Crippen LogP contribution in [-0.4, -0.2) is 16.1 Å². The number of amides is 1. The molecule has 3 aromatic carbocycles. The van der Waals surface area contributed by atoms with Gasteiger partial charge in [-0.15, -0.1) is 5.10 Å². The minimum Gasteiger partial charge on any atom is -0.403 e. The minimum atomic E-state index is -0.473. The number of hydrogen-bond donors (Lipinski definition) is 1. The predicted molar refractivity (Wildman–Crippen MR) is 103 cm³/mol. The Morgan fingerprint density at radius 2 is 1.26 bits per heavy atom. The first-order valence-electron chi connectivity index (χ1n) is 8.61. The van der Waals surface area contributed by atoms with Crippen molar-refractivity contribution in [2.24, 2.45) is 0 Å². The van der Waals surface area contributed by atoms with Gasteiger partial charge in [0, 0.05) is 5.56 Å². The lowest BCUT2D eigenvalue weighted by molar-refractivity contribution is -0.116. The van der Waals surface area contributed by atoms with Gasteiger partial charge in [0.2, 0.25) is 11.8 Å². The van der Waals surface area contributed by atoms with Crippen LogP contribution >= 0.6 is 0 Å². The summed E-state index contributed by atoms with van der Waals surface area (Å²) in [6.07, 6.45) is 0. The van der Waals surface area contributed by atoms with E-state index in [1.807, 2.05) is 91.0 Å². The van der Waals surface area contributed by atoms with Crippen molar-refractivity contribution in [3.63, 3.8) is 0 Å². The van der Waals surface area contributed by atoms with Crippen LogP contribution in [0.2, 0.25) is 0 Å². The Hall–Kier alpha value is -3.73. The Morgan fingerprint density at radius 3 is 1.81 bits per heavy atom. The van der Waals surface area contributed by atoms with Crippen LogP contribution < -0.4 is 5.32 Å². The molecule has 0 atom stereocenters. The van der Waals surface area contributed by atoms with Gasteiger partial charge < -0.3 is 4.42 Å². The molecule has 4 rings (SSSR count). The second-order valence-electron chi connectivity index (χ2n) is 6.02. The maximum absolute atomic E-state index is 13.0. The van der Waals surface area contributed by atoms with Crippen molar-refractivity contribution in [2.75, 3.05) is 5.32 Å². The average Bonchev–Trinajstić information content (AvgIpc) is 3.19. The molecule has 0 fully saturated rings. The van der Waals surface area contributed by atoms with E-state index in [-0.39, 0.29) is 11.9 Å². The molecule has 5 heteroatoms. The number of nitrogens with one attached hydrogen (secondary N) is 1. The van der Waals surface area contributed by atoms with Crippen molar-refractivity contribution in [1.29, 1.82) is 0 Å². The molecule has 0 aliphatic carbocycles. The number of hydrogen-bond acceptors (Lipinski definition) is 4. The van der Waals surface area contributed by atoms with E-state index in [1.165, 1.54) is 0 Å². The fourth-order valence-corrected chi connectivity index (χ4v) is 2.93. The van der Waals surface area contributed by atoms with E-state index in [4.69, 9.17) is 4.42 Å². The highest BCUT2D eigenvalue weighted by Gasteiger charge is 2.24. The van der Waals surface area contributed by atoms with Gasteiger partial charge in [-0.3, -0.25) is 10.1 Å². The van der Waals surface area contributed by atoms with E-state index >= 15 is 0 Å². The topological polar surface area (TPSA) is 68.0 Å². The van der Waals surface area contributed by atoms with Crippen LogP contribution in [0.3, 0.4) is 0 Å². The Labute approximate surface area is 156 Å². The monoisotopic (exact) mass is 355 g/mol. The third kappa shape index (κ3) is 3.77.